The van der Waals surface area contributed by atoms with Gasteiger partial charge in [-0.05, 0) is 31.4 Å². The Balaban J connectivity index is 1.83. The molecule has 0 radical (unpaired) electrons. The molecular formula is C23H21N3O3. The topological polar surface area (TPSA) is 70.0 Å². The number of hydrogen-bond acceptors (Lipinski definition) is 4. The summed E-state index contributed by atoms with van der Waals surface area (Å²) in [6.45, 7) is 5.74. The van der Waals surface area contributed by atoms with Gasteiger partial charge < -0.3 is 8.98 Å². The highest BCUT2D eigenvalue weighted by atomic mass is 16.3. The van der Waals surface area contributed by atoms with Crippen LogP contribution >= 0.6 is 0 Å². The first-order chi connectivity index (χ1) is 14.0. The number of nitrogens with zero attached hydrogens (tertiary/aromatic N) is 3. The summed E-state index contributed by atoms with van der Waals surface area (Å²) in [7, 11) is 0. The van der Waals surface area contributed by atoms with Crippen molar-refractivity contribution in [1.29, 1.82) is 0 Å². The number of benzene rings is 1. The fourth-order valence-corrected chi connectivity index (χ4v) is 4.29. The summed E-state index contributed by atoms with van der Waals surface area (Å²) in [5.74, 6) is 0.802. The van der Waals surface area contributed by atoms with Crippen LogP contribution in [0, 0.1) is 5.92 Å². The van der Waals surface area contributed by atoms with Gasteiger partial charge in [0.1, 0.15) is 5.69 Å². The van der Waals surface area contributed by atoms with Gasteiger partial charge in [0.15, 0.2) is 22.6 Å². The molecule has 0 amide bonds. The summed E-state index contributed by atoms with van der Waals surface area (Å²) in [4.78, 5) is 24.5. The third kappa shape index (κ3) is 2.59. The summed E-state index contributed by atoms with van der Waals surface area (Å²) in [5, 5.41) is 5.37. The monoisotopic (exact) mass is 387 g/mol. The Kier molecular flexibility index (Phi) is 3.84. The second-order valence-electron chi connectivity index (χ2n) is 7.93. The maximum atomic E-state index is 12.6. The summed E-state index contributed by atoms with van der Waals surface area (Å²) in [6.07, 6.45) is 6.09. The quantitative estimate of drug-likeness (QED) is 0.489. The first-order valence-corrected chi connectivity index (χ1v) is 9.77. The van der Waals surface area contributed by atoms with E-state index < -0.39 is 0 Å². The second-order valence-corrected chi connectivity index (χ2v) is 7.93. The number of pyridine rings is 1. The average Bonchev–Trinajstić information content (AvgIpc) is 3.34. The summed E-state index contributed by atoms with van der Waals surface area (Å²) >= 11 is 0. The zero-order valence-corrected chi connectivity index (χ0v) is 16.5. The van der Waals surface area contributed by atoms with E-state index in [1.807, 2.05) is 29.0 Å². The van der Waals surface area contributed by atoms with Gasteiger partial charge in [0.25, 0.3) is 0 Å². The lowest BCUT2D eigenvalue weighted by atomic mass is 9.89. The van der Waals surface area contributed by atoms with E-state index in [-0.39, 0.29) is 22.8 Å². The average molecular weight is 387 g/mol. The molecule has 0 N–H and O–H groups in total. The molecule has 0 saturated heterocycles. The van der Waals surface area contributed by atoms with Crippen molar-refractivity contribution in [3.63, 3.8) is 0 Å². The van der Waals surface area contributed by atoms with Gasteiger partial charge in [-0.2, -0.15) is 5.10 Å². The molecule has 4 heterocycles. The van der Waals surface area contributed by atoms with Crippen molar-refractivity contribution in [2.24, 2.45) is 5.92 Å². The minimum atomic E-state index is -0.271. The van der Waals surface area contributed by atoms with Crippen molar-refractivity contribution in [1.82, 2.24) is 14.3 Å². The predicted molar refractivity (Wildman–Crippen MR) is 111 cm³/mol. The number of furan rings is 1. The normalized spacial score (nSPS) is 15.5. The molecule has 1 atom stereocenters. The van der Waals surface area contributed by atoms with Gasteiger partial charge in [0.05, 0.1) is 11.3 Å². The van der Waals surface area contributed by atoms with Crippen LogP contribution < -0.4 is 5.43 Å². The first kappa shape index (κ1) is 17.7. The summed E-state index contributed by atoms with van der Waals surface area (Å²) in [6, 6.07) is 9.57. The van der Waals surface area contributed by atoms with Crippen LogP contribution in [0.2, 0.25) is 0 Å². The number of aromatic nitrogens is 3. The molecule has 5 rings (SSSR count). The Hall–Kier alpha value is -3.41. The van der Waals surface area contributed by atoms with Gasteiger partial charge >= 0.3 is 0 Å². The molecule has 0 fully saturated rings. The van der Waals surface area contributed by atoms with Gasteiger partial charge in [-0.1, -0.05) is 26.0 Å². The van der Waals surface area contributed by atoms with Crippen LogP contribution in [0.5, 0.6) is 0 Å². The fraction of sp³-hybridized carbons (Fsp3) is 0.261. The lowest BCUT2D eigenvalue weighted by molar-refractivity contribution is 0.101. The summed E-state index contributed by atoms with van der Waals surface area (Å²) in [5.41, 5.74) is 3.38. The molecule has 0 saturated carbocycles. The maximum absolute atomic E-state index is 12.6. The first-order valence-electron chi connectivity index (χ1n) is 9.77. The molecule has 1 aliphatic rings. The molecular weight excluding hydrogens is 366 g/mol. The number of hydrogen-bond donors (Lipinski definition) is 0. The van der Waals surface area contributed by atoms with E-state index in [0.29, 0.717) is 11.7 Å². The molecule has 6 nitrogen and oxygen atoms in total. The number of ketones is 1. The molecule has 6 heteroatoms. The van der Waals surface area contributed by atoms with Gasteiger partial charge in [0, 0.05) is 41.6 Å². The zero-order chi connectivity index (χ0) is 20.3. The lowest BCUT2D eigenvalue weighted by Crippen LogP contribution is -2.27. The minimum Gasteiger partial charge on any atom is -0.452 e. The van der Waals surface area contributed by atoms with Crippen molar-refractivity contribution in [2.45, 2.75) is 33.2 Å². The van der Waals surface area contributed by atoms with Gasteiger partial charge in [0.2, 0.25) is 0 Å². The van der Waals surface area contributed by atoms with Crippen LogP contribution in [0.25, 0.3) is 28.1 Å². The summed E-state index contributed by atoms with van der Waals surface area (Å²) < 4.78 is 10.2. The molecule has 3 aromatic heterocycles. The molecule has 0 unspecified atom stereocenters. The van der Waals surface area contributed by atoms with E-state index in [1.54, 1.807) is 23.1 Å². The highest BCUT2D eigenvalue weighted by Crippen LogP contribution is 2.43. The van der Waals surface area contributed by atoms with E-state index in [4.69, 9.17) is 4.42 Å². The Morgan fingerprint density at radius 1 is 1.28 bits per heavy atom. The van der Waals surface area contributed by atoms with Crippen LogP contribution in [-0.2, 0) is 6.42 Å². The SMILES string of the molecule is CC(=O)c1cn2c(cc1=O)-c1oc3c(-n4cccn4)cccc3c1C[C@H]2C(C)C. The number of fused-ring (bicyclic) bond motifs is 5. The minimum absolute atomic E-state index is 0.130. The van der Waals surface area contributed by atoms with Gasteiger partial charge in [-0.15, -0.1) is 0 Å². The van der Waals surface area contributed by atoms with E-state index in [1.165, 1.54) is 6.92 Å². The Morgan fingerprint density at radius 3 is 2.79 bits per heavy atom. The number of rotatable bonds is 3. The molecule has 0 spiro atoms. The largest absolute Gasteiger partial charge is 0.452 e. The molecule has 0 bridgehead atoms. The number of para-hydroxylation sites is 1. The maximum Gasteiger partial charge on any atom is 0.193 e. The molecule has 1 aromatic carbocycles. The van der Waals surface area contributed by atoms with Gasteiger partial charge in [-0.25, -0.2) is 4.68 Å². The van der Waals surface area contributed by atoms with Crippen molar-refractivity contribution >= 4 is 16.8 Å². The third-order valence-electron chi connectivity index (χ3n) is 5.78. The number of Topliss-reactive ketones (excluding diaryl/α,β-unsaturated/α-hetero) is 1. The van der Waals surface area contributed by atoms with E-state index in [2.05, 4.69) is 25.0 Å². The second kappa shape index (κ2) is 6.30. The predicted octanol–water partition coefficient (Wildman–Crippen LogP) is 4.40. The van der Waals surface area contributed by atoms with Crippen molar-refractivity contribution in [3.05, 3.63) is 70.3 Å². The lowest BCUT2D eigenvalue weighted by Gasteiger charge is -2.31. The number of carbonyl (C=O) groups excluding carboxylic acids is 1. The van der Waals surface area contributed by atoms with E-state index in [0.717, 1.165) is 34.3 Å². The highest BCUT2D eigenvalue weighted by molar-refractivity contribution is 5.95. The van der Waals surface area contributed by atoms with Crippen LogP contribution in [0.1, 0.15) is 42.7 Å². The standard InChI is InChI=1S/C23H21N3O3/c1-13(2)19-10-16-15-6-4-7-18(26-9-5-8-24-26)22(15)29-23(16)20-11-21(28)17(14(3)27)12-25(19)20/h4-9,11-13,19H,10H2,1-3H3/t19-/m0/s1. The van der Waals surface area contributed by atoms with Crippen molar-refractivity contribution in [3.8, 4) is 17.1 Å². The van der Waals surface area contributed by atoms with Crippen molar-refractivity contribution < 1.29 is 9.21 Å². The Labute approximate surface area is 167 Å². The van der Waals surface area contributed by atoms with Gasteiger partial charge in [-0.3, -0.25) is 9.59 Å². The van der Waals surface area contributed by atoms with Crippen LogP contribution in [-0.4, -0.2) is 20.1 Å². The van der Waals surface area contributed by atoms with Crippen LogP contribution in [0.15, 0.2) is 58.1 Å². The zero-order valence-electron chi connectivity index (χ0n) is 16.5. The van der Waals surface area contributed by atoms with Crippen LogP contribution in [0.3, 0.4) is 0 Å². The number of carbonyl (C=O) groups is 1. The van der Waals surface area contributed by atoms with Crippen molar-refractivity contribution in [2.75, 3.05) is 0 Å². The Morgan fingerprint density at radius 2 is 2.10 bits per heavy atom. The highest BCUT2D eigenvalue weighted by Gasteiger charge is 2.32. The van der Waals surface area contributed by atoms with Crippen LogP contribution in [0.4, 0.5) is 0 Å². The fourth-order valence-electron chi connectivity index (χ4n) is 4.29. The smallest absolute Gasteiger partial charge is 0.193 e. The Bertz CT molecular complexity index is 1310. The molecule has 146 valence electrons. The molecule has 4 aromatic rings. The third-order valence-corrected chi connectivity index (χ3v) is 5.78. The van der Waals surface area contributed by atoms with E-state index in [9.17, 15) is 9.59 Å². The molecule has 1 aliphatic heterocycles. The van der Waals surface area contributed by atoms with E-state index >= 15 is 0 Å². The molecule has 0 aliphatic carbocycles. The molecule has 29 heavy (non-hydrogen) atoms.